The Kier molecular flexibility index (Phi) is 12.1. The molecule has 0 bridgehead atoms. The Morgan fingerprint density at radius 3 is 2.75 bits per heavy atom. The molecule has 2 N–H and O–H groups in total. The Balaban J connectivity index is 0.00000392. The lowest BCUT2D eigenvalue weighted by Gasteiger charge is -2.22. The van der Waals surface area contributed by atoms with Crippen molar-refractivity contribution < 1.29 is 9.53 Å². The van der Waals surface area contributed by atoms with Crippen molar-refractivity contribution >= 4 is 35.8 Å². The monoisotopic (exact) mass is 502 g/mol. The third kappa shape index (κ3) is 9.23. The number of rotatable bonds is 11. The van der Waals surface area contributed by atoms with Gasteiger partial charge in [0.2, 0.25) is 0 Å². The third-order valence-corrected chi connectivity index (χ3v) is 4.45. The maximum Gasteiger partial charge on any atom is 0.251 e. The number of hydrogen-bond acceptors (Lipinski definition) is 3. The van der Waals surface area contributed by atoms with Crippen LogP contribution in [0.1, 0.15) is 49.0 Å². The van der Waals surface area contributed by atoms with E-state index in [-0.39, 0.29) is 29.9 Å². The Morgan fingerprint density at radius 1 is 1.29 bits per heavy atom. The number of nitrogens with one attached hydrogen (secondary N) is 2. The summed E-state index contributed by atoms with van der Waals surface area (Å²) >= 11 is 0. The molecule has 28 heavy (non-hydrogen) atoms. The number of benzene rings is 1. The molecule has 1 fully saturated rings. The number of hydrogen-bond donors (Lipinski definition) is 2. The summed E-state index contributed by atoms with van der Waals surface area (Å²) in [7, 11) is 2.02. The number of halogens is 1. The molecule has 0 atom stereocenters. The smallest absolute Gasteiger partial charge is 0.251 e. The van der Waals surface area contributed by atoms with Crippen molar-refractivity contribution in [2.24, 2.45) is 10.9 Å². The largest absolute Gasteiger partial charge is 0.379 e. The van der Waals surface area contributed by atoms with Gasteiger partial charge >= 0.3 is 0 Å². The SMILES string of the molecule is CCCNC(=O)c1cccc(CN=C(NCC)N(C)CCOCC2CC2)c1.I. The molecule has 0 radical (unpaired) electrons. The van der Waals surface area contributed by atoms with Crippen molar-refractivity contribution in [3.05, 3.63) is 35.4 Å². The highest BCUT2D eigenvalue weighted by molar-refractivity contribution is 14.0. The topological polar surface area (TPSA) is 66.0 Å². The standard InChI is InChI=1S/C21H34N4O2.HI/c1-4-11-23-20(26)19-8-6-7-18(14-19)15-24-21(22-5-2)25(3)12-13-27-16-17-9-10-17;/h6-8,14,17H,4-5,9-13,15-16H2,1-3H3,(H,22,24)(H,23,26);1H. The zero-order valence-electron chi connectivity index (χ0n) is 17.4. The highest BCUT2D eigenvalue weighted by Crippen LogP contribution is 2.28. The first-order valence-corrected chi connectivity index (χ1v) is 10.1. The van der Waals surface area contributed by atoms with Gasteiger partial charge in [-0.1, -0.05) is 19.1 Å². The lowest BCUT2D eigenvalue weighted by Crippen LogP contribution is -2.40. The highest BCUT2D eigenvalue weighted by Gasteiger charge is 2.21. The number of ether oxygens (including phenoxy) is 1. The second kappa shape index (κ2) is 13.8. The van der Waals surface area contributed by atoms with Crippen LogP contribution in [0.2, 0.25) is 0 Å². The fourth-order valence-corrected chi connectivity index (χ4v) is 2.63. The number of carbonyl (C=O) groups excluding carboxylic acids is 1. The van der Waals surface area contributed by atoms with E-state index in [0.29, 0.717) is 25.3 Å². The van der Waals surface area contributed by atoms with E-state index in [9.17, 15) is 4.79 Å². The van der Waals surface area contributed by atoms with E-state index < -0.39 is 0 Å². The molecule has 0 spiro atoms. The summed E-state index contributed by atoms with van der Waals surface area (Å²) in [4.78, 5) is 18.9. The minimum absolute atomic E-state index is 0. The van der Waals surface area contributed by atoms with Crippen molar-refractivity contribution in [3.63, 3.8) is 0 Å². The molecule has 2 rings (SSSR count). The fraction of sp³-hybridized carbons (Fsp3) is 0.619. The van der Waals surface area contributed by atoms with Gasteiger partial charge in [0.05, 0.1) is 13.2 Å². The van der Waals surface area contributed by atoms with Gasteiger partial charge in [-0.05, 0) is 49.8 Å². The molecule has 1 aliphatic carbocycles. The number of likely N-dealkylation sites (N-methyl/N-ethyl adjacent to an activating group) is 1. The van der Waals surface area contributed by atoms with E-state index in [0.717, 1.165) is 43.6 Å². The molecule has 158 valence electrons. The summed E-state index contributed by atoms with van der Waals surface area (Å²) in [6.45, 7) is 8.54. The summed E-state index contributed by atoms with van der Waals surface area (Å²) < 4.78 is 5.72. The van der Waals surface area contributed by atoms with Crippen LogP contribution in [-0.2, 0) is 11.3 Å². The maximum atomic E-state index is 12.1. The van der Waals surface area contributed by atoms with E-state index in [2.05, 4.69) is 22.5 Å². The van der Waals surface area contributed by atoms with Crippen LogP contribution in [0.15, 0.2) is 29.3 Å². The van der Waals surface area contributed by atoms with E-state index in [4.69, 9.17) is 9.73 Å². The molecule has 0 heterocycles. The first-order valence-electron chi connectivity index (χ1n) is 10.1. The summed E-state index contributed by atoms with van der Waals surface area (Å²) in [5, 5.41) is 6.23. The van der Waals surface area contributed by atoms with Crippen LogP contribution < -0.4 is 10.6 Å². The van der Waals surface area contributed by atoms with Crippen LogP contribution >= 0.6 is 24.0 Å². The third-order valence-electron chi connectivity index (χ3n) is 4.45. The molecule has 1 aliphatic rings. The molecule has 0 aromatic heterocycles. The van der Waals surface area contributed by atoms with Crippen LogP contribution in [0.3, 0.4) is 0 Å². The molecule has 0 saturated heterocycles. The summed E-state index contributed by atoms with van der Waals surface area (Å²) in [5.74, 6) is 1.62. The molecule has 1 aromatic rings. The highest BCUT2D eigenvalue weighted by atomic mass is 127. The van der Waals surface area contributed by atoms with Crippen LogP contribution in [-0.4, -0.2) is 56.7 Å². The van der Waals surface area contributed by atoms with Gasteiger partial charge < -0.3 is 20.3 Å². The van der Waals surface area contributed by atoms with Crippen molar-refractivity contribution in [1.82, 2.24) is 15.5 Å². The maximum absolute atomic E-state index is 12.1. The molecule has 1 aromatic carbocycles. The first kappa shape index (κ1) is 24.7. The van der Waals surface area contributed by atoms with Crippen LogP contribution in [0.25, 0.3) is 0 Å². The number of amides is 1. The minimum atomic E-state index is -0.0282. The minimum Gasteiger partial charge on any atom is -0.379 e. The van der Waals surface area contributed by atoms with E-state index >= 15 is 0 Å². The Morgan fingerprint density at radius 2 is 2.07 bits per heavy atom. The Bertz CT molecular complexity index is 620. The van der Waals surface area contributed by atoms with Gasteiger partial charge in [-0.3, -0.25) is 4.79 Å². The van der Waals surface area contributed by atoms with Gasteiger partial charge in [0.25, 0.3) is 5.91 Å². The van der Waals surface area contributed by atoms with Gasteiger partial charge in [0, 0.05) is 38.9 Å². The normalized spacial score (nSPS) is 13.6. The first-order chi connectivity index (χ1) is 13.1. The van der Waals surface area contributed by atoms with Crippen molar-refractivity contribution in [2.75, 3.05) is 39.9 Å². The van der Waals surface area contributed by atoms with Crippen LogP contribution in [0.5, 0.6) is 0 Å². The Hall–Kier alpha value is -1.35. The average Bonchev–Trinajstić information content (AvgIpc) is 3.51. The zero-order valence-corrected chi connectivity index (χ0v) is 19.7. The molecular formula is C21H35IN4O2. The van der Waals surface area contributed by atoms with Gasteiger partial charge in [0.15, 0.2) is 5.96 Å². The second-order valence-corrected chi connectivity index (χ2v) is 7.07. The lowest BCUT2D eigenvalue weighted by atomic mass is 10.1. The molecule has 7 heteroatoms. The summed E-state index contributed by atoms with van der Waals surface area (Å²) in [6, 6.07) is 7.67. The van der Waals surface area contributed by atoms with E-state index in [1.54, 1.807) is 0 Å². The van der Waals surface area contributed by atoms with Gasteiger partial charge in [-0.15, -0.1) is 24.0 Å². The number of guanidine groups is 1. The van der Waals surface area contributed by atoms with Crippen molar-refractivity contribution in [1.29, 1.82) is 0 Å². The Labute approximate surface area is 186 Å². The molecule has 0 aliphatic heterocycles. The van der Waals surface area contributed by atoms with Gasteiger partial charge in [-0.25, -0.2) is 4.99 Å². The zero-order chi connectivity index (χ0) is 19.5. The number of aliphatic imine (C=N–C) groups is 1. The summed E-state index contributed by atoms with van der Waals surface area (Å²) in [6.07, 6.45) is 3.56. The van der Waals surface area contributed by atoms with E-state index in [1.165, 1.54) is 12.8 Å². The van der Waals surface area contributed by atoms with Gasteiger partial charge in [-0.2, -0.15) is 0 Å². The van der Waals surface area contributed by atoms with Crippen molar-refractivity contribution in [3.8, 4) is 0 Å². The fourth-order valence-electron chi connectivity index (χ4n) is 2.63. The van der Waals surface area contributed by atoms with E-state index in [1.807, 2.05) is 38.2 Å². The quantitative estimate of drug-likeness (QED) is 0.211. The van der Waals surface area contributed by atoms with Gasteiger partial charge in [0.1, 0.15) is 0 Å². The number of carbonyl (C=O) groups is 1. The predicted molar refractivity (Wildman–Crippen MR) is 125 cm³/mol. The van der Waals surface area contributed by atoms with Crippen molar-refractivity contribution in [2.45, 2.75) is 39.7 Å². The predicted octanol–water partition coefficient (Wildman–Crippen LogP) is 3.27. The number of nitrogens with zero attached hydrogens (tertiary/aromatic N) is 2. The summed E-state index contributed by atoms with van der Waals surface area (Å²) in [5.41, 5.74) is 1.70. The molecular weight excluding hydrogens is 467 g/mol. The second-order valence-electron chi connectivity index (χ2n) is 7.07. The molecule has 1 saturated carbocycles. The van der Waals surface area contributed by atoms with Crippen LogP contribution in [0.4, 0.5) is 0 Å². The lowest BCUT2D eigenvalue weighted by molar-refractivity contribution is 0.0953. The molecule has 1 amide bonds. The van der Waals surface area contributed by atoms with Crippen LogP contribution in [0, 0.1) is 5.92 Å². The average molecular weight is 502 g/mol. The molecule has 6 nitrogen and oxygen atoms in total. The molecule has 0 unspecified atom stereocenters.